The zero-order chi connectivity index (χ0) is 21.1. The predicted octanol–water partition coefficient (Wildman–Crippen LogP) is 5.06. The molecule has 1 N–H and O–H groups in total. The first-order valence-corrected chi connectivity index (χ1v) is 9.77. The summed E-state index contributed by atoms with van der Waals surface area (Å²) in [5.41, 5.74) is 2.78. The molecule has 1 aliphatic rings. The minimum atomic E-state index is -0.605. The molecule has 2 amide bonds. The molecule has 0 saturated heterocycles. The lowest BCUT2D eigenvalue weighted by atomic mass is 9.95. The molecule has 1 atom stereocenters. The van der Waals surface area contributed by atoms with Gasteiger partial charge in [-0.15, -0.1) is 0 Å². The van der Waals surface area contributed by atoms with Crippen LogP contribution in [0.3, 0.4) is 0 Å². The predicted molar refractivity (Wildman–Crippen MR) is 116 cm³/mol. The van der Waals surface area contributed by atoms with E-state index in [-0.39, 0.29) is 24.2 Å². The second kappa shape index (κ2) is 8.51. The molecule has 0 saturated carbocycles. The molecule has 0 fully saturated rings. The molecule has 0 aromatic heterocycles. The van der Waals surface area contributed by atoms with Crippen molar-refractivity contribution in [2.45, 2.75) is 6.04 Å². The zero-order valence-corrected chi connectivity index (χ0v) is 16.6. The number of hydrogen-bond donors (Lipinski definition) is 1. The molecule has 0 bridgehead atoms. The Labute approximate surface area is 178 Å². The smallest absolute Gasteiger partial charge is 0.247 e. The van der Waals surface area contributed by atoms with Crippen LogP contribution in [-0.2, 0) is 9.59 Å². The topological polar surface area (TPSA) is 49.4 Å². The number of carbonyl (C=O) groups is 2. The van der Waals surface area contributed by atoms with Gasteiger partial charge in [-0.05, 0) is 47.5 Å². The van der Waals surface area contributed by atoms with Crippen LogP contribution in [0.4, 0.5) is 10.1 Å². The lowest BCUT2D eigenvalue weighted by Gasteiger charge is -2.29. The van der Waals surface area contributed by atoms with E-state index in [2.05, 4.69) is 5.32 Å². The number of benzene rings is 3. The normalized spacial score (nSPS) is 16.1. The van der Waals surface area contributed by atoms with Gasteiger partial charge in [0.05, 0.1) is 6.04 Å². The Kier molecular flexibility index (Phi) is 5.63. The number of fused-ring (bicyclic) bond motifs is 1. The number of anilines is 1. The van der Waals surface area contributed by atoms with Crippen LogP contribution in [-0.4, -0.2) is 23.3 Å². The largest absolute Gasteiger partial charge is 0.324 e. The van der Waals surface area contributed by atoms with E-state index in [1.165, 1.54) is 23.1 Å². The Morgan fingerprint density at radius 2 is 1.80 bits per heavy atom. The number of carbonyl (C=O) groups excluding carboxylic acids is 2. The number of amides is 2. The molecule has 0 radical (unpaired) electrons. The van der Waals surface area contributed by atoms with Crippen LogP contribution in [0.15, 0.2) is 78.9 Å². The third kappa shape index (κ3) is 4.26. The molecule has 3 aromatic rings. The van der Waals surface area contributed by atoms with Crippen LogP contribution in [0, 0.1) is 5.82 Å². The maximum atomic E-state index is 13.5. The summed E-state index contributed by atoms with van der Waals surface area (Å²) in [6.45, 7) is -0.147. The first-order chi connectivity index (χ1) is 14.5. The number of nitrogens with one attached hydrogen (secondary N) is 1. The van der Waals surface area contributed by atoms with E-state index < -0.39 is 6.04 Å². The van der Waals surface area contributed by atoms with Crippen molar-refractivity contribution in [2.24, 2.45) is 0 Å². The zero-order valence-electron chi connectivity index (χ0n) is 15.9. The summed E-state index contributed by atoms with van der Waals surface area (Å²) in [5.74, 6) is -1.03. The molecule has 30 heavy (non-hydrogen) atoms. The van der Waals surface area contributed by atoms with Crippen LogP contribution in [0.25, 0.3) is 6.08 Å². The van der Waals surface area contributed by atoms with Crippen molar-refractivity contribution in [3.63, 3.8) is 0 Å². The van der Waals surface area contributed by atoms with Crippen molar-refractivity contribution < 1.29 is 14.0 Å². The van der Waals surface area contributed by atoms with Crippen LogP contribution >= 0.6 is 11.6 Å². The lowest BCUT2D eigenvalue weighted by molar-refractivity contribution is -0.131. The quantitative estimate of drug-likeness (QED) is 0.602. The van der Waals surface area contributed by atoms with Crippen molar-refractivity contribution in [1.82, 2.24) is 4.90 Å². The fraction of sp³-hybridized carbons (Fsp3) is 0.0833. The Hall–Kier alpha value is -3.44. The Morgan fingerprint density at radius 1 is 1.07 bits per heavy atom. The Morgan fingerprint density at radius 3 is 2.53 bits per heavy atom. The summed E-state index contributed by atoms with van der Waals surface area (Å²) in [5, 5.41) is 3.31. The van der Waals surface area contributed by atoms with Crippen molar-refractivity contribution in [1.29, 1.82) is 0 Å². The number of halogens is 2. The van der Waals surface area contributed by atoms with E-state index in [4.69, 9.17) is 11.6 Å². The summed E-state index contributed by atoms with van der Waals surface area (Å²) in [6.07, 6.45) is 3.14. The molecule has 1 aliphatic heterocycles. The van der Waals surface area contributed by atoms with Gasteiger partial charge in [-0.3, -0.25) is 9.59 Å². The van der Waals surface area contributed by atoms with Crippen molar-refractivity contribution >= 4 is 35.2 Å². The molecule has 6 heteroatoms. The number of hydrogen-bond acceptors (Lipinski definition) is 2. The standard InChI is InChI=1S/C24H18ClFN2O2/c25-18-9-12-21-20(14-18)24(17-7-10-19(26)11-8-17)28(15-22(29)27-21)23(30)13-6-16-4-2-1-3-5-16/h1-14,24H,15H2,(H,27,29)/b13-6+/t24-/m0/s1. The highest BCUT2D eigenvalue weighted by atomic mass is 35.5. The van der Waals surface area contributed by atoms with Gasteiger partial charge in [0, 0.05) is 22.3 Å². The first-order valence-electron chi connectivity index (χ1n) is 9.40. The molecule has 4 nitrogen and oxygen atoms in total. The third-order valence-corrected chi connectivity index (χ3v) is 5.13. The summed E-state index contributed by atoms with van der Waals surface area (Å²) in [7, 11) is 0. The van der Waals surface area contributed by atoms with Gasteiger partial charge in [0.15, 0.2) is 0 Å². The maximum absolute atomic E-state index is 13.5. The van der Waals surface area contributed by atoms with Crippen molar-refractivity contribution in [3.05, 3.63) is 106 Å². The summed E-state index contributed by atoms with van der Waals surface area (Å²) in [6, 6.07) is 19.8. The van der Waals surface area contributed by atoms with Gasteiger partial charge in [0.1, 0.15) is 12.4 Å². The minimum Gasteiger partial charge on any atom is -0.324 e. The molecular formula is C24H18ClFN2O2. The van der Waals surface area contributed by atoms with Crippen molar-refractivity contribution in [2.75, 3.05) is 11.9 Å². The second-order valence-electron chi connectivity index (χ2n) is 6.94. The van der Waals surface area contributed by atoms with E-state index >= 15 is 0 Å². The average Bonchev–Trinajstić information content (AvgIpc) is 2.89. The second-order valence-corrected chi connectivity index (χ2v) is 7.38. The van der Waals surface area contributed by atoms with Gasteiger partial charge in [0.25, 0.3) is 0 Å². The fourth-order valence-corrected chi connectivity index (χ4v) is 3.69. The Bertz CT molecular complexity index is 1110. The molecule has 3 aromatic carbocycles. The number of rotatable bonds is 3. The molecule has 150 valence electrons. The van der Waals surface area contributed by atoms with Gasteiger partial charge in [-0.1, -0.05) is 54.1 Å². The molecule has 0 aliphatic carbocycles. The van der Waals surface area contributed by atoms with Gasteiger partial charge >= 0.3 is 0 Å². The van der Waals surface area contributed by atoms with E-state index in [0.717, 1.165) is 5.56 Å². The fourth-order valence-electron chi connectivity index (χ4n) is 3.51. The van der Waals surface area contributed by atoms with Gasteiger partial charge in [-0.2, -0.15) is 0 Å². The highest BCUT2D eigenvalue weighted by molar-refractivity contribution is 6.30. The van der Waals surface area contributed by atoms with Gasteiger partial charge in [-0.25, -0.2) is 4.39 Å². The third-order valence-electron chi connectivity index (χ3n) is 4.89. The van der Waals surface area contributed by atoms with Crippen LogP contribution < -0.4 is 5.32 Å². The molecule has 0 spiro atoms. The minimum absolute atomic E-state index is 0.147. The lowest BCUT2D eigenvalue weighted by Crippen LogP contribution is -2.38. The van der Waals surface area contributed by atoms with Gasteiger partial charge < -0.3 is 10.2 Å². The molecule has 4 rings (SSSR count). The Balaban J connectivity index is 1.79. The van der Waals surface area contributed by atoms with Crippen LogP contribution in [0.2, 0.25) is 5.02 Å². The van der Waals surface area contributed by atoms with E-state index in [9.17, 15) is 14.0 Å². The highest BCUT2D eigenvalue weighted by Gasteiger charge is 2.32. The SMILES string of the molecule is O=C1CN(C(=O)/C=C/c2ccccc2)[C@@H](c2ccc(F)cc2)c2cc(Cl)ccc2N1. The molecule has 1 heterocycles. The maximum Gasteiger partial charge on any atom is 0.247 e. The monoisotopic (exact) mass is 420 g/mol. The molecule has 0 unspecified atom stereocenters. The van der Waals surface area contributed by atoms with Crippen molar-refractivity contribution in [3.8, 4) is 0 Å². The number of nitrogens with zero attached hydrogens (tertiary/aromatic N) is 1. The van der Waals surface area contributed by atoms with E-state index in [1.54, 1.807) is 36.4 Å². The van der Waals surface area contributed by atoms with E-state index in [1.807, 2.05) is 30.3 Å². The van der Waals surface area contributed by atoms with E-state index in [0.29, 0.717) is 21.8 Å². The van der Waals surface area contributed by atoms with Gasteiger partial charge in [0.2, 0.25) is 11.8 Å². The average molecular weight is 421 g/mol. The highest BCUT2D eigenvalue weighted by Crippen LogP contribution is 2.37. The first kappa shape index (κ1) is 19.9. The van der Waals surface area contributed by atoms with Crippen LogP contribution in [0.5, 0.6) is 0 Å². The summed E-state index contributed by atoms with van der Waals surface area (Å²) < 4.78 is 13.5. The van der Waals surface area contributed by atoms with Crippen LogP contribution in [0.1, 0.15) is 22.7 Å². The molecular weight excluding hydrogens is 403 g/mol. The summed E-state index contributed by atoms with van der Waals surface area (Å²) >= 11 is 6.22. The summed E-state index contributed by atoms with van der Waals surface area (Å²) in [4.78, 5) is 27.2.